The second kappa shape index (κ2) is 5.15. The van der Waals surface area contributed by atoms with Crippen LogP contribution in [0.4, 0.5) is 4.39 Å². The molecule has 0 bridgehead atoms. The lowest BCUT2D eigenvalue weighted by Gasteiger charge is -2.36. The minimum atomic E-state index is -0.609. The molecule has 2 aromatic carbocycles. The molecule has 0 aliphatic carbocycles. The van der Waals surface area contributed by atoms with Crippen LogP contribution in [0.1, 0.15) is 51.3 Å². The van der Waals surface area contributed by atoms with Gasteiger partial charge in [0.2, 0.25) is 0 Å². The molecule has 2 aromatic rings. The summed E-state index contributed by atoms with van der Waals surface area (Å²) in [5.74, 6) is -0.736. The van der Waals surface area contributed by atoms with Gasteiger partial charge in [0.05, 0.1) is 11.1 Å². The number of amides is 2. The third-order valence-corrected chi connectivity index (χ3v) is 5.36. The zero-order valence-electron chi connectivity index (χ0n) is 14.5. The summed E-state index contributed by atoms with van der Waals surface area (Å²) in [5.41, 5.74) is 2.90. The lowest BCUT2D eigenvalue weighted by atomic mass is 9.90. The van der Waals surface area contributed by atoms with E-state index in [0.29, 0.717) is 24.2 Å². The van der Waals surface area contributed by atoms with Gasteiger partial charge in [-0.25, -0.2) is 4.39 Å². The molecule has 4 rings (SSSR count). The molecule has 0 unspecified atom stereocenters. The van der Waals surface area contributed by atoms with E-state index < -0.39 is 11.4 Å². The van der Waals surface area contributed by atoms with Gasteiger partial charge in [-0.05, 0) is 42.7 Å². The Morgan fingerprint density at radius 1 is 1.00 bits per heavy atom. The molecule has 2 amide bonds. The van der Waals surface area contributed by atoms with E-state index in [9.17, 15) is 14.0 Å². The molecule has 2 aliphatic heterocycles. The van der Waals surface area contributed by atoms with Crippen LogP contribution in [0.15, 0.2) is 36.4 Å². The van der Waals surface area contributed by atoms with Gasteiger partial charge in [-0.3, -0.25) is 9.59 Å². The monoisotopic (exact) mass is 338 g/mol. The molecule has 4 nitrogen and oxygen atoms in total. The number of hydrogen-bond donors (Lipinski definition) is 0. The Kier molecular flexibility index (Phi) is 3.26. The van der Waals surface area contributed by atoms with E-state index in [1.807, 2.05) is 32.0 Å². The number of fused-ring (bicyclic) bond motifs is 2. The zero-order valence-corrected chi connectivity index (χ0v) is 14.5. The third-order valence-electron chi connectivity index (χ3n) is 5.36. The first-order valence-corrected chi connectivity index (χ1v) is 8.29. The average Bonchev–Trinajstić information content (AvgIpc) is 3.06. The predicted molar refractivity (Wildman–Crippen MR) is 91.5 cm³/mol. The van der Waals surface area contributed by atoms with Crippen molar-refractivity contribution in [3.05, 3.63) is 70.0 Å². The van der Waals surface area contributed by atoms with Crippen LogP contribution < -0.4 is 0 Å². The fourth-order valence-electron chi connectivity index (χ4n) is 3.77. The maximum atomic E-state index is 14.1. The maximum absolute atomic E-state index is 14.1. The van der Waals surface area contributed by atoms with E-state index in [-0.39, 0.29) is 17.4 Å². The molecule has 0 radical (unpaired) electrons. The van der Waals surface area contributed by atoms with E-state index in [4.69, 9.17) is 0 Å². The van der Waals surface area contributed by atoms with Crippen molar-refractivity contribution >= 4 is 11.8 Å². The molecule has 0 saturated carbocycles. The van der Waals surface area contributed by atoms with Crippen molar-refractivity contribution in [2.75, 3.05) is 7.05 Å². The number of hydrogen-bond acceptors (Lipinski definition) is 2. The predicted octanol–water partition coefficient (Wildman–Crippen LogP) is 3.30. The highest BCUT2D eigenvalue weighted by atomic mass is 19.1. The fraction of sp³-hybridized carbons (Fsp3) is 0.300. The summed E-state index contributed by atoms with van der Waals surface area (Å²) in [7, 11) is 1.77. The molecular weight excluding hydrogens is 319 g/mol. The smallest absolute Gasteiger partial charge is 0.258 e. The normalized spacial score (nSPS) is 16.5. The van der Waals surface area contributed by atoms with Gasteiger partial charge in [0, 0.05) is 25.7 Å². The zero-order chi connectivity index (χ0) is 17.9. The topological polar surface area (TPSA) is 40.6 Å². The maximum Gasteiger partial charge on any atom is 0.258 e. The number of carbonyl (C=O) groups is 2. The number of halogens is 1. The van der Waals surface area contributed by atoms with Crippen LogP contribution >= 0.6 is 0 Å². The summed E-state index contributed by atoms with van der Waals surface area (Å²) < 4.78 is 14.1. The van der Waals surface area contributed by atoms with E-state index in [2.05, 4.69) is 0 Å². The molecule has 2 aliphatic rings. The molecule has 0 atom stereocenters. The highest BCUT2D eigenvalue weighted by Gasteiger charge is 2.40. The second-order valence-electron chi connectivity index (χ2n) is 7.26. The Balaban J connectivity index is 1.72. The third kappa shape index (κ3) is 2.18. The molecule has 25 heavy (non-hydrogen) atoms. The van der Waals surface area contributed by atoms with Crippen LogP contribution in [0.3, 0.4) is 0 Å². The lowest BCUT2D eigenvalue weighted by Crippen LogP contribution is -2.41. The number of carbonyl (C=O) groups excluding carboxylic acids is 2. The Morgan fingerprint density at radius 3 is 2.48 bits per heavy atom. The quantitative estimate of drug-likeness (QED) is 0.843. The first-order valence-electron chi connectivity index (χ1n) is 8.29. The van der Waals surface area contributed by atoms with Crippen LogP contribution in [0.2, 0.25) is 0 Å². The Morgan fingerprint density at radius 2 is 1.76 bits per heavy atom. The Bertz CT molecular complexity index is 920. The standard InChI is InChI=1S/C20H19FN2O2/c1-20(2,14-7-8-15-13(9-14)10-22(3)18(15)24)23-11-12-5-4-6-16(21)17(12)19(23)25/h4-9H,10-11H2,1-3H3. The average molecular weight is 338 g/mol. The minimum Gasteiger partial charge on any atom is -0.337 e. The van der Waals surface area contributed by atoms with Crippen LogP contribution in [-0.4, -0.2) is 28.7 Å². The molecular formula is C20H19FN2O2. The van der Waals surface area contributed by atoms with Crippen molar-refractivity contribution < 1.29 is 14.0 Å². The summed E-state index contributed by atoms with van der Waals surface area (Å²) in [6, 6.07) is 10.5. The molecule has 0 spiro atoms. The number of nitrogens with zero attached hydrogens (tertiary/aromatic N) is 2. The second-order valence-corrected chi connectivity index (χ2v) is 7.26. The van der Waals surface area contributed by atoms with Crippen LogP contribution in [0.5, 0.6) is 0 Å². The van der Waals surface area contributed by atoms with Gasteiger partial charge in [0.1, 0.15) is 5.82 Å². The van der Waals surface area contributed by atoms with Crippen LogP contribution in [0.25, 0.3) is 0 Å². The minimum absolute atomic E-state index is 0.0195. The van der Waals surface area contributed by atoms with Crippen molar-refractivity contribution in [2.45, 2.75) is 32.5 Å². The fourth-order valence-corrected chi connectivity index (χ4v) is 3.77. The first kappa shape index (κ1) is 15.8. The Labute approximate surface area is 145 Å². The molecule has 0 N–H and O–H groups in total. The van der Waals surface area contributed by atoms with E-state index in [1.165, 1.54) is 6.07 Å². The van der Waals surface area contributed by atoms with E-state index >= 15 is 0 Å². The number of benzene rings is 2. The van der Waals surface area contributed by atoms with Crippen molar-refractivity contribution in [1.29, 1.82) is 0 Å². The highest BCUT2D eigenvalue weighted by Crippen LogP contribution is 2.38. The molecule has 2 heterocycles. The molecule has 0 aromatic heterocycles. The van der Waals surface area contributed by atoms with Gasteiger partial charge in [-0.2, -0.15) is 0 Å². The van der Waals surface area contributed by atoms with Gasteiger partial charge in [-0.15, -0.1) is 0 Å². The van der Waals surface area contributed by atoms with Gasteiger partial charge in [-0.1, -0.05) is 24.3 Å². The van der Waals surface area contributed by atoms with Crippen LogP contribution in [0, 0.1) is 5.82 Å². The Hall–Kier alpha value is -2.69. The summed E-state index contributed by atoms with van der Waals surface area (Å²) in [4.78, 5) is 28.2. The van der Waals surface area contributed by atoms with Crippen molar-refractivity contribution in [3.8, 4) is 0 Å². The summed E-state index contributed by atoms with van der Waals surface area (Å²) in [6.45, 7) is 4.86. The molecule has 5 heteroatoms. The SMILES string of the molecule is CN1Cc2cc(C(C)(C)N3Cc4cccc(F)c4C3=O)ccc2C1=O. The van der Waals surface area contributed by atoms with E-state index in [1.54, 1.807) is 29.0 Å². The van der Waals surface area contributed by atoms with Gasteiger partial charge >= 0.3 is 0 Å². The lowest BCUT2D eigenvalue weighted by molar-refractivity contribution is 0.0564. The summed E-state index contributed by atoms with van der Waals surface area (Å²) >= 11 is 0. The van der Waals surface area contributed by atoms with Gasteiger partial charge in [0.15, 0.2) is 0 Å². The largest absolute Gasteiger partial charge is 0.337 e. The van der Waals surface area contributed by atoms with Crippen molar-refractivity contribution in [3.63, 3.8) is 0 Å². The van der Waals surface area contributed by atoms with Crippen LogP contribution in [-0.2, 0) is 18.6 Å². The summed E-state index contributed by atoms with van der Waals surface area (Å²) in [6.07, 6.45) is 0. The van der Waals surface area contributed by atoms with Crippen molar-refractivity contribution in [2.24, 2.45) is 0 Å². The molecule has 0 saturated heterocycles. The van der Waals surface area contributed by atoms with Gasteiger partial charge in [0.25, 0.3) is 11.8 Å². The van der Waals surface area contributed by atoms with E-state index in [0.717, 1.165) is 11.1 Å². The van der Waals surface area contributed by atoms with Gasteiger partial charge < -0.3 is 9.80 Å². The molecule has 0 fully saturated rings. The highest BCUT2D eigenvalue weighted by molar-refractivity contribution is 5.99. The summed E-state index contributed by atoms with van der Waals surface area (Å²) in [5, 5.41) is 0. The number of rotatable bonds is 2. The first-order chi connectivity index (χ1) is 11.8. The molecule has 128 valence electrons. The van der Waals surface area contributed by atoms with Crippen molar-refractivity contribution in [1.82, 2.24) is 9.80 Å².